The molecule has 0 spiro atoms. The van der Waals surface area contributed by atoms with Crippen LogP contribution in [0.15, 0.2) is 29.4 Å². The van der Waals surface area contributed by atoms with E-state index in [0.717, 1.165) is 38.3 Å². The largest absolute Gasteiger partial charge is 0.344 e. The Labute approximate surface area is 135 Å². The molecule has 2 N–H and O–H groups in total. The van der Waals surface area contributed by atoms with Crippen LogP contribution in [0.1, 0.15) is 39.0 Å². The average molecular weight is 339 g/mol. The molecule has 1 saturated carbocycles. The number of hydrogen-bond donors (Lipinski definition) is 2. The lowest BCUT2D eigenvalue weighted by molar-refractivity contribution is -0.130. The van der Waals surface area contributed by atoms with Crippen molar-refractivity contribution in [3.63, 3.8) is 0 Å². The summed E-state index contributed by atoms with van der Waals surface area (Å²) in [5.74, 6) is -1.04. The molecule has 8 heteroatoms. The number of sulfonamides is 1. The van der Waals surface area contributed by atoms with Gasteiger partial charge in [-0.1, -0.05) is 19.3 Å². The number of aromatic nitrogens is 1. The molecule has 1 aliphatic rings. The van der Waals surface area contributed by atoms with E-state index in [9.17, 15) is 18.0 Å². The fourth-order valence-corrected chi connectivity index (χ4v) is 3.56. The Hall–Kier alpha value is -1.96. The maximum Gasteiger partial charge on any atom is 0.265 e. The Morgan fingerprint density at radius 2 is 1.96 bits per heavy atom. The van der Waals surface area contributed by atoms with Crippen LogP contribution in [0.4, 0.5) is 0 Å². The average Bonchev–Trinajstić information content (AvgIpc) is 2.56. The summed E-state index contributed by atoms with van der Waals surface area (Å²) in [5.41, 5.74) is 0. The van der Waals surface area contributed by atoms with E-state index >= 15 is 0 Å². The maximum atomic E-state index is 12.1. The summed E-state index contributed by atoms with van der Waals surface area (Å²) in [5, 5.41) is 2.59. The van der Waals surface area contributed by atoms with Gasteiger partial charge in [-0.05, 0) is 31.9 Å². The van der Waals surface area contributed by atoms with Crippen molar-refractivity contribution in [3.8, 4) is 0 Å². The Bertz CT molecular complexity index is 655. The first-order chi connectivity index (χ1) is 10.9. The number of carbonyl (C=O) groups is 2. The molecule has 1 atom stereocenters. The number of hydrogen-bond acceptors (Lipinski definition) is 5. The number of amides is 2. The molecular weight excluding hydrogens is 318 g/mol. The van der Waals surface area contributed by atoms with Gasteiger partial charge in [0.2, 0.25) is 5.91 Å². The summed E-state index contributed by atoms with van der Waals surface area (Å²) in [6.45, 7) is 1.47. The van der Waals surface area contributed by atoms with Crippen LogP contribution in [-0.4, -0.2) is 31.3 Å². The molecule has 1 aromatic rings. The lowest BCUT2D eigenvalue weighted by atomic mass is 9.88. The molecule has 0 bridgehead atoms. The molecule has 2 amide bonds. The minimum Gasteiger partial charge on any atom is -0.344 e. The second-order valence-electron chi connectivity index (χ2n) is 5.72. The lowest BCUT2D eigenvalue weighted by Crippen LogP contribution is -2.48. The Kier molecular flexibility index (Phi) is 5.70. The van der Waals surface area contributed by atoms with Crippen molar-refractivity contribution in [2.45, 2.75) is 50.0 Å². The van der Waals surface area contributed by atoms with Gasteiger partial charge >= 0.3 is 0 Å². The molecule has 0 aliphatic heterocycles. The minimum atomic E-state index is -3.98. The predicted molar refractivity (Wildman–Crippen MR) is 83.7 cm³/mol. The van der Waals surface area contributed by atoms with E-state index in [-0.39, 0.29) is 16.7 Å². The highest BCUT2D eigenvalue weighted by atomic mass is 32.2. The molecule has 1 heterocycles. The number of pyridine rings is 1. The number of rotatable bonds is 5. The highest BCUT2D eigenvalue weighted by Crippen LogP contribution is 2.23. The molecule has 0 aromatic carbocycles. The van der Waals surface area contributed by atoms with E-state index in [2.05, 4.69) is 10.3 Å². The summed E-state index contributed by atoms with van der Waals surface area (Å²) in [7, 11) is -3.98. The van der Waals surface area contributed by atoms with Crippen LogP contribution in [0.3, 0.4) is 0 Å². The molecule has 1 fully saturated rings. The number of carbonyl (C=O) groups excluding carboxylic acids is 2. The molecule has 1 aromatic heterocycles. The zero-order chi connectivity index (χ0) is 16.9. The summed E-state index contributed by atoms with van der Waals surface area (Å²) >= 11 is 0. The van der Waals surface area contributed by atoms with Gasteiger partial charge in [0.1, 0.15) is 10.9 Å². The maximum absolute atomic E-state index is 12.1. The molecule has 0 unspecified atom stereocenters. The summed E-state index contributed by atoms with van der Waals surface area (Å²) in [6, 6.07) is 1.89. The summed E-state index contributed by atoms with van der Waals surface area (Å²) < 4.78 is 26.1. The van der Waals surface area contributed by atoms with Crippen LogP contribution in [0.5, 0.6) is 0 Å². The van der Waals surface area contributed by atoms with E-state index in [0.29, 0.717) is 0 Å². The van der Waals surface area contributed by atoms with Gasteiger partial charge in [0.05, 0.1) is 0 Å². The van der Waals surface area contributed by atoms with E-state index in [1.54, 1.807) is 0 Å². The van der Waals surface area contributed by atoms with Crippen LogP contribution in [0, 0.1) is 5.92 Å². The zero-order valence-corrected chi connectivity index (χ0v) is 13.8. The fraction of sp³-hybridized carbons (Fsp3) is 0.533. The molecule has 0 radical (unpaired) electrons. The number of nitrogens with one attached hydrogen (secondary N) is 2. The Balaban J connectivity index is 1.93. The van der Waals surface area contributed by atoms with Crippen molar-refractivity contribution in [2.75, 3.05) is 0 Å². The van der Waals surface area contributed by atoms with Crippen molar-refractivity contribution in [2.24, 2.45) is 5.92 Å². The normalized spacial score (nSPS) is 17.3. The van der Waals surface area contributed by atoms with Crippen molar-refractivity contribution >= 4 is 21.8 Å². The van der Waals surface area contributed by atoms with Crippen molar-refractivity contribution in [1.82, 2.24) is 15.0 Å². The van der Waals surface area contributed by atoms with Gasteiger partial charge in [0.15, 0.2) is 0 Å². The molecule has 126 valence electrons. The van der Waals surface area contributed by atoms with Gasteiger partial charge in [-0.2, -0.15) is 0 Å². The topological polar surface area (TPSA) is 105 Å². The molecule has 2 rings (SSSR count). The van der Waals surface area contributed by atoms with Crippen LogP contribution < -0.4 is 10.0 Å². The third kappa shape index (κ3) is 4.75. The molecule has 23 heavy (non-hydrogen) atoms. The standard InChI is InChI=1S/C15H21N3O4S/c1-11(17-15(20)12-6-3-2-4-7-12)14(19)18-23(21,22)13-8-5-9-16-10-13/h5,8-12H,2-4,6-7H2,1H3,(H,17,20)(H,18,19)/t11-/m0/s1. The van der Waals surface area contributed by atoms with Gasteiger partial charge < -0.3 is 5.32 Å². The monoisotopic (exact) mass is 339 g/mol. The first kappa shape index (κ1) is 17.4. The van der Waals surface area contributed by atoms with Crippen LogP contribution in [0.25, 0.3) is 0 Å². The van der Waals surface area contributed by atoms with E-state index in [1.807, 2.05) is 4.72 Å². The van der Waals surface area contributed by atoms with Crippen molar-refractivity contribution in [1.29, 1.82) is 0 Å². The van der Waals surface area contributed by atoms with E-state index < -0.39 is 22.0 Å². The third-order valence-corrected chi connectivity index (χ3v) is 5.24. The lowest BCUT2D eigenvalue weighted by Gasteiger charge is -2.22. The highest BCUT2D eigenvalue weighted by molar-refractivity contribution is 7.90. The highest BCUT2D eigenvalue weighted by Gasteiger charge is 2.26. The fourth-order valence-electron chi connectivity index (χ4n) is 2.55. The van der Waals surface area contributed by atoms with Gasteiger partial charge in [0.25, 0.3) is 15.9 Å². The third-order valence-electron chi connectivity index (χ3n) is 3.91. The van der Waals surface area contributed by atoms with Gasteiger partial charge in [-0.25, -0.2) is 13.1 Å². The predicted octanol–water partition coefficient (Wildman–Crippen LogP) is 0.971. The van der Waals surface area contributed by atoms with Crippen molar-refractivity contribution in [3.05, 3.63) is 24.5 Å². The van der Waals surface area contributed by atoms with E-state index in [4.69, 9.17) is 0 Å². The molecule has 0 saturated heterocycles. The Morgan fingerprint density at radius 1 is 1.26 bits per heavy atom. The quantitative estimate of drug-likeness (QED) is 0.831. The Morgan fingerprint density at radius 3 is 2.57 bits per heavy atom. The van der Waals surface area contributed by atoms with Gasteiger partial charge in [0, 0.05) is 18.3 Å². The summed E-state index contributed by atoms with van der Waals surface area (Å²) in [6.07, 6.45) is 7.36. The molecular formula is C15H21N3O4S. The zero-order valence-electron chi connectivity index (χ0n) is 13.0. The van der Waals surface area contributed by atoms with E-state index in [1.165, 1.54) is 25.3 Å². The number of nitrogens with zero attached hydrogens (tertiary/aromatic N) is 1. The summed E-state index contributed by atoms with van der Waals surface area (Å²) in [4.78, 5) is 27.7. The SMILES string of the molecule is C[C@H](NC(=O)C1CCCCC1)C(=O)NS(=O)(=O)c1cccnc1. The molecule has 1 aliphatic carbocycles. The second-order valence-corrected chi connectivity index (χ2v) is 7.41. The first-order valence-corrected chi connectivity index (χ1v) is 9.15. The van der Waals surface area contributed by atoms with Crippen molar-refractivity contribution < 1.29 is 18.0 Å². The van der Waals surface area contributed by atoms with Crippen LogP contribution in [0.2, 0.25) is 0 Å². The second kappa shape index (κ2) is 7.54. The molecule has 7 nitrogen and oxygen atoms in total. The smallest absolute Gasteiger partial charge is 0.265 e. The van der Waals surface area contributed by atoms with Crippen LogP contribution >= 0.6 is 0 Å². The van der Waals surface area contributed by atoms with Gasteiger partial charge in [-0.15, -0.1) is 0 Å². The minimum absolute atomic E-state index is 0.0890. The van der Waals surface area contributed by atoms with Gasteiger partial charge in [-0.3, -0.25) is 14.6 Å². The van der Waals surface area contributed by atoms with Crippen LogP contribution in [-0.2, 0) is 19.6 Å². The first-order valence-electron chi connectivity index (χ1n) is 7.67.